The topological polar surface area (TPSA) is 41.1 Å². The fourth-order valence-electron chi connectivity index (χ4n) is 1.40. The van der Waals surface area contributed by atoms with E-state index in [0.717, 1.165) is 19.6 Å². The number of hydrogen-bond donors (Lipinski definition) is 3. The summed E-state index contributed by atoms with van der Waals surface area (Å²) in [6, 6.07) is 0. The van der Waals surface area contributed by atoms with Crippen LogP contribution in [0.15, 0.2) is 0 Å². The minimum absolute atomic E-state index is 0.0388. The summed E-state index contributed by atoms with van der Waals surface area (Å²) < 4.78 is 0. The van der Waals surface area contributed by atoms with E-state index in [1.54, 1.807) is 0 Å². The second-order valence-electron chi connectivity index (χ2n) is 3.16. The Morgan fingerprint density at radius 3 is 2.75 bits per heavy atom. The van der Waals surface area contributed by atoms with Crippen molar-refractivity contribution in [2.24, 2.45) is 5.92 Å². The van der Waals surface area contributed by atoms with Crippen molar-refractivity contribution in [1.82, 2.24) is 10.6 Å². The first-order chi connectivity index (χ1) is 5.83. The van der Waals surface area contributed by atoms with Gasteiger partial charge in [-0.15, -0.1) is 0 Å². The number of rotatable bonds is 3. The molecule has 0 radical (unpaired) electrons. The van der Waals surface area contributed by atoms with E-state index in [1.807, 2.05) is 0 Å². The summed E-state index contributed by atoms with van der Waals surface area (Å²) >= 11 is 3.89. The first kappa shape index (κ1) is 9.86. The van der Waals surface area contributed by atoms with Crippen molar-refractivity contribution >= 4 is 18.5 Å². The van der Waals surface area contributed by atoms with Gasteiger partial charge in [0, 0.05) is 6.54 Å². The van der Waals surface area contributed by atoms with Gasteiger partial charge in [-0.05, 0) is 31.8 Å². The Morgan fingerprint density at radius 2 is 2.17 bits per heavy atom. The molecule has 0 unspecified atom stereocenters. The third-order valence-electron chi connectivity index (χ3n) is 2.19. The van der Waals surface area contributed by atoms with E-state index in [2.05, 4.69) is 23.3 Å². The number of carbonyl (C=O) groups excluding carboxylic acids is 1. The Balaban J connectivity index is 2.09. The summed E-state index contributed by atoms with van der Waals surface area (Å²) in [5.74, 6) is 0.997. The van der Waals surface area contributed by atoms with Crippen molar-refractivity contribution < 1.29 is 4.79 Å². The van der Waals surface area contributed by atoms with Crippen LogP contribution in [-0.2, 0) is 4.79 Å². The molecule has 0 aliphatic carbocycles. The molecule has 1 aliphatic rings. The summed E-state index contributed by atoms with van der Waals surface area (Å²) in [6.07, 6.45) is 2.35. The Labute approximate surface area is 78.7 Å². The second kappa shape index (κ2) is 5.43. The molecule has 0 bridgehead atoms. The zero-order chi connectivity index (χ0) is 8.81. The van der Waals surface area contributed by atoms with Gasteiger partial charge in [0.15, 0.2) is 0 Å². The molecule has 1 fully saturated rings. The number of piperidine rings is 1. The van der Waals surface area contributed by atoms with Crippen molar-refractivity contribution in [1.29, 1.82) is 0 Å². The highest BCUT2D eigenvalue weighted by Crippen LogP contribution is 2.09. The first-order valence-electron chi connectivity index (χ1n) is 4.41. The zero-order valence-corrected chi connectivity index (χ0v) is 8.07. The molecule has 0 saturated carbocycles. The van der Waals surface area contributed by atoms with E-state index in [0.29, 0.717) is 11.7 Å². The van der Waals surface area contributed by atoms with Crippen molar-refractivity contribution in [3.05, 3.63) is 0 Å². The molecule has 12 heavy (non-hydrogen) atoms. The highest BCUT2D eigenvalue weighted by atomic mass is 32.1. The lowest BCUT2D eigenvalue weighted by molar-refractivity contribution is -0.118. The fourth-order valence-corrected chi connectivity index (χ4v) is 1.51. The van der Waals surface area contributed by atoms with Crippen LogP contribution in [0.4, 0.5) is 0 Å². The summed E-state index contributed by atoms with van der Waals surface area (Å²) in [5, 5.41) is 6.15. The predicted octanol–water partition coefficient (Wildman–Crippen LogP) is 0.0320. The smallest absolute Gasteiger partial charge is 0.229 e. The van der Waals surface area contributed by atoms with Crippen molar-refractivity contribution in [2.45, 2.75) is 12.8 Å². The molecule has 70 valence electrons. The zero-order valence-electron chi connectivity index (χ0n) is 7.18. The predicted molar refractivity (Wildman–Crippen MR) is 52.5 cm³/mol. The molecule has 1 aliphatic heterocycles. The van der Waals surface area contributed by atoms with E-state index < -0.39 is 0 Å². The van der Waals surface area contributed by atoms with Crippen LogP contribution in [0.25, 0.3) is 0 Å². The van der Waals surface area contributed by atoms with Gasteiger partial charge < -0.3 is 10.6 Å². The number of thiol groups is 1. The second-order valence-corrected chi connectivity index (χ2v) is 3.47. The molecule has 0 aromatic carbocycles. The molecular weight excluding hydrogens is 172 g/mol. The van der Waals surface area contributed by atoms with E-state index in [9.17, 15) is 4.79 Å². The largest absolute Gasteiger partial charge is 0.355 e. The van der Waals surface area contributed by atoms with E-state index in [4.69, 9.17) is 0 Å². The van der Waals surface area contributed by atoms with Crippen LogP contribution in [0, 0.1) is 5.92 Å². The molecule has 2 N–H and O–H groups in total. The standard InChI is InChI=1S/C8H16N2OS/c11-8(6-12)10-5-7-1-3-9-4-2-7/h7,9,12H,1-6H2,(H,10,11). The third kappa shape index (κ3) is 3.45. The molecule has 0 spiro atoms. The normalized spacial score (nSPS) is 19.1. The lowest BCUT2D eigenvalue weighted by Gasteiger charge is -2.22. The van der Waals surface area contributed by atoms with Gasteiger partial charge in [-0.25, -0.2) is 0 Å². The molecule has 1 heterocycles. The summed E-state index contributed by atoms with van der Waals surface area (Å²) in [5.41, 5.74) is 0. The number of amides is 1. The minimum atomic E-state index is 0.0388. The van der Waals surface area contributed by atoms with Crippen molar-refractivity contribution in [3.63, 3.8) is 0 Å². The van der Waals surface area contributed by atoms with Crippen LogP contribution < -0.4 is 10.6 Å². The molecule has 4 heteroatoms. The van der Waals surface area contributed by atoms with Gasteiger partial charge in [0.2, 0.25) is 5.91 Å². The maximum absolute atomic E-state index is 10.9. The molecular formula is C8H16N2OS. The highest BCUT2D eigenvalue weighted by Gasteiger charge is 2.12. The molecule has 0 aromatic rings. The number of hydrogen-bond acceptors (Lipinski definition) is 3. The third-order valence-corrected chi connectivity index (χ3v) is 2.48. The van der Waals surface area contributed by atoms with Crippen LogP contribution >= 0.6 is 12.6 Å². The van der Waals surface area contributed by atoms with Crippen molar-refractivity contribution in [2.75, 3.05) is 25.4 Å². The van der Waals surface area contributed by atoms with Gasteiger partial charge in [-0.1, -0.05) is 0 Å². The van der Waals surface area contributed by atoms with E-state index >= 15 is 0 Å². The summed E-state index contributed by atoms with van der Waals surface area (Å²) in [4.78, 5) is 10.9. The monoisotopic (exact) mass is 188 g/mol. The van der Waals surface area contributed by atoms with Gasteiger partial charge in [0.25, 0.3) is 0 Å². The Morgan fingerprint density at radius 1 is 1.50 bits per heavy atom. The molecule has 3 nitrogen and oxygen atoms in total. The molecule has 0 aromatic heterocycles. The van der Waals surface area contributed by atoms with Crippen molar-refractivity contribution in [3.8, 4) is 0 Å². The molecule has 1 saturated heterocycles. The minimum Gasteiger partial charge on any atom is -0.355 e. The number of carbonyl (C=O) groups is 1. The van der Waals surface area contributed by atoms with Crippen LogP contribution in [0.3, 0.4) is 0 Å². The van der Waals surface area contributed by atoms with Gasteiger partial charge in [0.1, 0.15) is 0 Å². The first-order valence-corrected chi connectivity index (χ1v) is 5.04. The average Bonchev–Trinajstić information content (AvgIpc) is 2.16. The Kier molecular flexibility index (Phi) is 4.46. The van der Waals surface area contributed by atoms with E-state index in [1.165, 1.54) is 12.8 Å². The Hall–Kier alpha value is -0.220. The van der Waals surface area contributed by atoms with Gasteiger partial charge in [0.05, 0.1) is 5.75 Å². The molecule has 1 rings (SSSR count). The molecule has 0 atom stereocenters. The van der Waals surface area contributed by atoms with Gasteiger partial charge >= 0.3 is 0 Å². The SMILES string of the molecule is O=C(CS)NCC1CCNCC1. The van der Waals surface area contributed by atoms with Crippen LogP contribution in [-0.4, -0.2) is 31.3 Å². The maximum Gasteiger partial charge on any atom is 0.229 e. The highest BCUT2D eigenvalue weighted by molar-refractivity contribution is 7.81. The quantitative estimate of drug-likeness (QED) is 0.547. The fraction of sp³-hybridized carbons (Fsp3) is 0.875. The van der Waals surface area contributed by atoms with Gasteiger partial charge in [-0.3, -0.25) is 4.79 Å². The van der Waals surface area contributed by atoms with Gasteiger partial charge in [-0.2, -0.15) is 12.6 Å². The van der Waals surface area contributed by atoms with Crippen LogP contribution in [0.1, 0.15) is 12.8 Å². The summed E-state index contributed by atoms with van der Waals surface area (Å²) in [7, 11) is 0. The Bertz CT molecular complexity index is 146. The average molecular weight is 188 g/mol. The lowest BCUT2D eigenvalue weighted by Crippen LogP contribution is -2.36. The van der Waals surface area contributed by atoms with E-state index in [-0.39, 0.29) is 5.91 Å². The number of nitrogens with one attached hydrogen (secondary N) is 2. The molecule has 1 amide bonds. The maximum atomic E-state index is 10.9. The lowest BCUT2D eigenvalue weighted by atomic mass is 9.98. The summed E-state index contributed by atoms with van der Waals surface area (Å²) in [6.45, 7) is 2.99. The van der Waals surface area contributed by atoms with Crippen LogP contribution in [0.5, 0.6) is 0 Å². The van der Waals surface area contributed by atoms with Crippen LogP contribution in [0.2, 0.25) is 0 Å².